The van der Waals surface area contributed by atoms with Crippen molar-refractivity contribution in [1.29, 1.82) is 0 Å². The summed E-state index contributed by atoms with van der Waals surface area (Å²) in [4.78, 5) is 24.3. The number of aryl methyl sites for hydroxylation is 2. The molecule has 4 rings (SSSR count). The molecule has 0 fully saturated rings. The van der Waals surface area contributed by atoms with Gasteiger partial charge in [-0.1, -0.05) is 55.0 Å². The number of hydrogen-bond acceptors (Lipinski definition) is 3. The molecule has 2 amide bonds. The van der Waals surface area contributed by atoms with Gasteiger partial charge in [0.2, 0.25) is 0 Å². The Labute approximate surface area is 188 Å². The Hall–Kier alpha value is -3.12. The number of rotatable bonds is 11. The van der Waals surface area contributed by atoms with Gasteiger partial charge in [0.25, 0.3) is 0 Å². The first-order chi connectivity index (χ1) is 15.7. The Kier molecular flexibility index (Phi) is 7.56. The zero-order valence-corrected chi connectivity index (χ0v) is 18.4. The highest BCUT2D eigenvalue weighted by Gasteiger charge is 2.16. The second kappa shape index (κ2) is 11.0. The molecule has 1 aliphatic rings. The third-order valence-corrected chi connectivity index (χ3v) is 5.87. The van der Waals surface area contributed by atoms with Crippen LogP contribution in [-0.2, 0) is 29.1 Å². The monoisotopic (exact) mass is 433 g/mol. The number of ketones is 1. The highest BCUT2D eigenvalue weighted by molar-refractivity contribution is 6.02. The molecule has 0 spiro atoms. The van der Waals surface area contributed by atoms with Crippen LogP contribution in [0.4, 0.5) is 10.5 Å². The van der Waals surface area contributed by atoms with E-state index < -0.39 is 0 Å². The number of carbonyl (C=O) groups excluding carboxylic acids is 2. The third-order valence-electron chi connectivity index (χ3n) is 5.87. The molecule has 32 heavy (non-hydrogen) atoms. The van der Waals surface area contributed by atoms with Crippen molar-refractivity contribution in [2.75, 3.05) is 18.5 Å². The number of Topliss-reactive ketones (excluding diaryl/α,β-unsaturated/α-hetero) is 1. The molecule has 2 heterocycles. The summed E-state index contributed by atoms with van der Waals surface area (Å²) in [7, 11) is 0. The van der Waals surface area contributed by atoms with Gasteiger partial charge in [-0.05, 0) is 36.8 Å². The maximum Gasteiger partial charge on any atom is 0.319 e. The smallest absolute Gasteiger partial charge is 0.319 e. The first-order valence-electron chi connectivity index (χ1n) is 11.5. The molecule has 0 bridgehead atoms. The van der Waals surface area contributed by atoms with E-state index in [9.17, 15) is 9.59 Å². The van der Waals surface area contributed by atoms with E-state index in [1.165, 1.54) is 11.1 Å². The SMILES string of the molecule is O=C(CCCCCNC(=O)Nc1cn2c3c(cccc13)CCC2)COCc1ccccc1. The summed E-state index contributed by atoms with van der Waals surface area (Å²) >= 11 is 0. The lowest BCUT2D eigenvalue weighted by molar-refractivity contribution is -0.124. The van der Waals surface area contributed by atoms with Crippen molar-refractivity contribution < 1.29 is 14.3 Å². The van der Waals surface area contributed by atoms with Gasteiger partial charge in [-0.3, -0.25) is 4.79 Å². The van der Waals surface area contributed by atoms with Gasteiger partial charge in [0.1, 0.15) is 6.61 Å². The number of para-hydroxylation sites is 1. The van der Waals surface area contributed by atoms with E-state index in [-0.39, 0.29) is 18.4 Å². The van der Waals surface area contributed by atoms with Crippen molar-refractivity contribution in [2.24, 2.45) is 0 Å². The minimum atomic E-state index is -0.181. The van der Waals surface area contributed by atoms with Crippen molar-refractivity contribution in [2.45, 2.75) is 51.7 Å². The van der Waals surface area contributed by atoms with Crippen LogP contribution in [0.3, 0.4) is 0 Å². The molecular weight excluding hydrogens is 402 g/mol. The second-order valence-corrected chi connectivity index (χ2v) is 8.36. The number of unbranched alkanes of at least 4 members (excludes halogenated alkanes) is 2. The Bertz CT molecular complexity index is 1060. The van der Waals surface area contributed by atoms with Gasteiger partial charge >= 0.3 is 6.03 Å². The molecule has 1 aromatic heterocycles. The molecule has 0 unspecified atom stereocenters. The number of anilines is 1. The minimum Gasteiger partial charge on any atom is -0.369 e. The predicted octanol–water partition coefficient (Wildman–Crippen LogP) is 5.06. The second-order valence-electron chi connectivity index (χ2n) is 8.36. The molecule has 0 saturated carbocycles. The summed E-state index contributed by atoms with van der Waals surface area (Å²) < 4.78 is 7.72. The number of benzene rings is 2. The minimum absolute atomic E-state index is 0.125. The van der Waals surface area contributed by atoms with Gasteiger partial charge in [0.05, 0.1) is 17.8 Å². The molecule has 168 valence electrons. The van der Waals surface area contributed by atoms with Crippen LogP contribution in [0.1, 0.15) is 43.2 Å². The summed E-state index contributed by atoms with van der Waals surface area (Å²) in [6.07, 6.45) is 7.34. The molecule has 2 N–H and O–H groups in total. The van der Waals surface area contributed by atoms with E-state index in [0.717, 1.165) is 55.3 Å². The van der Waals surface area contributed by atoms with Crippen LogP contribution in [-0.4, -0.2) is 29.5 Å². The van der Waals surface area contributed by atoms with Gasteiger partial charge < -0.3 is 19.9 Å². The van der Waals surface area contributed by atoms with Crippen molar-refractivity contribution in [1.82, 2.24) is 9.88 Å². The van der Waals surface area contributed by atoms with Crippen LogP contribution in [0.2, 0.25) is 0 Å². The number of urea groups is 1. The summed E-state index contributed by atoms with van der Waals surface area (Å²) in [6.45, 7) is 2.21. The van der Waals surface area contributed by atoms with Gasteiger partial charge in [-0.2, -0.15) is 0 Å². The Balaban J connectivity index is 1.10. The van der Waals surface area contributed by atoms with Crippen molar-refractivity contribution >= 4 is 28.4 Å². The van der Waals surface area contributed by atoms with Crippen LogP contribution in [0.25, 0.3) is 10.9 Å². The zero-order chi connectivity index (χ0) is 22.2. The first kappa shape index (κ1) is 22.1. The van der Waals surface area contributed by atoms with E-state index in [4.69, 9.17) is 4.74 Å². The van der Waals surface area contributed by atoms with E-state index >= 15 is 0 Å². The van der Waals surface area contributed by atoms with E-state index in [1.54, 1.807) is 0 Å². The number of ether oxygens (including phenoxy) is 1. The Morgan fingerprint density at radius 3 is 2.75 bits per heavy atom. The predicted molar refractivity (Wildman–Crippen MR) is 127 cm³/mol. The van der Waals surface area contributed by atoms with Crippen molar-refractivity contribution in [3.63, 3.8) is 0 Å². The molecule has 6 nitrogen and oxygen atoms in total. The number of nitrogens with zero attached hydrogens (tertiary/aromatic N) is 1. The highest BCUT2D eigenvalue weighted by Crippen LogP contribution is 2.32. The average Bonchev–Trinajstić information content (AvgIpc) is 3.16. The standard InChI is InChI=1S/C26H31N3O3/c30-22(19-32-18-20-9-3-1-4-10-20)13-5-2-6-15-27-26(31)28-24-17-29-16-8-12-21-11-7-14-23(24)25(21)29/h1,3-4,7,9-11,14,17H,2,5-6,8,12-13,15-16,18-19H2,(H2,27,28,31). The van der Waals surface area contributed by atoms with Crippen LogP contribution < -0.4 is 10.6 Å². The van der Waals surface area contributed by atoms with Gasteiger partial charge in [-0.15, -0.1) is 0 Å². The Morgan fingerprint density at radius 2 is 1.88 bits per heavy atom. The molecule has 1 aliphatic heterocycles. The van der Waals surface area contributed by atoms with Gasteiger partial charge in [0.15, 0.2) is 5.78 Å². The lowest BCUT2D eigenvalue weighted by atomic mass is 10.0. The lowest BCUT2D eigenvalue weighted by Gasteiger charge is -2.14. The summed E-state index contributed by atoms with van der Waals surface area (Å²) in [5.74, 6) is 0.125. The number of hydrogen-bond donors (Lipinski definition) is 2. The van der Waals surface area contributed by atoms with E-state index in [1.807, 2.05) is 36.5 Å². The fourth-order valence-corrected chi connectivity index (χ4v) is 4.28. The fraction of sp³-hybridized carbons (Fsp3) is 0.385. The molecule has 0 saturated heterocycles. The zero-order valence-electron chi connectivity index (χ0n) is 18.4. The van der Waals surface area contributed by atoms with Gasteiger partial charge in [0, 0.05) is 31.1 Å². The molecule has 2 aromatic carbocycles. The topological polar surface area (TPSA) is 72.4 Å². The Morgan fingerprint density at radius 1 is 1.00 bits per heavy atom. The van der Waals surface area contributed by atoms with E-state index in [0.29, 0.717) is 19.6 Å². The highest BCUT2D eigenvalue weighted by atomic mass is 16.5. The maximum atomic E-state index is 12.3. The average molecular weight is 434 g/mol. The lowest BCUT2D eigenvalue weighted by Crippen LogP contribution is -2.29. The van der Waals surface area contributed by atoms with Crippen LogP contribution in [0.5, 0.6) is 0 Å². The quantitative estimate of drug-likeness (QED) is 0.416. The van der Waals surface area contributed by atoms with Crippen molar-refractivity contribution in [3.8, 4) is 0 Å². The molecule has 0 radical (unpaired) electrons. The fourth-order valence-electron chi connectivity index (χ4n) is 4.28. The summed E-state index contributed by atoms with van der Waals surface area (Å²) in [5, 5.41) is 7.03. The number of carbonyl (C=O) groups is 2. The third kappa shape index (κ3) is 5.77. The number of amides is 2. The molecule has 0 atom stereocenters. The van der Waals surface area contributed by atoms with Crippen LogP contribution >= 0.6 is 0 Å². The van der Waals surface area contributed by atoms with Crippen molar-refractivity contribution in [3.05, 3.63) is 65.9 Å². The number of aromatic nitrogens is 1. The maximum absolute atomic E-state index is 12.3. The molecule has 6 heteroatoms. The van der Waals surface area contributed by atoms with Gasteiger partial charge in [-0.25, -0.2) is 4.79 Å². The first-order valence-corrected chi connectivity index (χ1v) is 11.5. The largest absolute Gasteiger partial charge is 0.369 e. The van der Waals surface area contributed by atoms with Crippen LogP contribution in [0, 0.1) is 0 Å². The summed E-state index contributed by atoms with van der Waals surface area (Å²) in [5.41, 5.74) is 4.53. The number of nitrogens with one attached hydrogen (secondary N) is 2. The normalized spacial score (nSPS) is 12.6. The van der Waals surface area contributed by atoms with E-state index in [2.05, 4.69) is 33.4 Å². The molecule has 0 aliphatic carbocycles. The molecule has 3 aromatic rings. The summed E-state index contributed by atoms with van der Waals surface area (Å²) in [6, 6.07) is 16.0. The molecular formula is C26H31N3O3. The van der Waals surface area contributed by atoms with Crippen LogP contribution in [0.15, 0.2) is 54.7 Å².